The van der Waals surface area contributed by atoms with E-state index in [0.717, 1.165) is 42.5 Å². The molecule has 21 heavy (non-hydrogen) atoms. The summed E-state index contributed by atoms with van der Waals surface area (Å²) in [4.78, 5) is 4.38. The van der Waals surface area contributed by atoms with Gasteiger partial charge >= 0.3 is 0 Å². The molecule has 4 aliphatic rings. The van der Waals surface area contributed by atoms with Crippen molar-refractivity contribution in [2.24, 2.45) is 29.6 Å². The second-order valence-electron chi connectivity index (χ2n) is 7.68. The Morgan fingerprint density at radius 1 is 1.19 bits per heavy atom. The van der Waals surface area contributed by atoms with Crippen molar-refractivity contribution in [3.05, 3.63) is 12.2 Å². The van der Waals surface area contributed by atoms with Gasteiger partial charge in [0.05, 0.1) is 6.10 Å². The van der Waals surface area contributed by atoms with E-state index >= 15 is 0 Å². The number of aryl methyl sites for hydroxylation is 1. The van der Waals surface area contributed by atoms with Gasteiger partial charge in [-0.25, -0.2) is 4.98 Å². The van der Waals surface area contributed by atoms with Crippen molar-refractivity contribution in [3.63, 3.8) is 0 Å². The molecular formula is C17H27N3O. The molecule has 1 heterocycles. The summed E-state index contributed by atoms with van der Waals surface area (Å²) >= 11 is 0. The first-order valence-corrected chi connectivity index (χ1v) is 8.79. The Labute approximate surface area is 127 Å². The lowest BCUT2D eigenvalue weighted by atomic mass is 9.50. The minimum Gasteiger partial charge on any atom is -0.392 e. The fourth-order valence-corrected chi connectivity index (χ4v) is 5.76. The van der Waals surface area contributed by atoms with Crippen LogP contribution in [0.4, 0.5) is 0 Å². The van der Waals surface area contributed by atoms with E-state index in [9.17, 15) is 5.11 Å². The average molecular weight is 289 g/mol. The Morgan fingerprint density at radius 3 is 2.48 bits per heavy atom. The number of aliphatic hydroxyl groups is 1. The molecule has 116 valence electrons. The third kappa shape index (κ3) is 2.41. The Balaban J connectivity index is 1.47. The maximum Gasteiger partial charge on any atom is 0.138 e. The maximum atomic E-state index is 10.9. The molecule has 1 aromatic heterocycles. The van der Waals surface area contributed by atoms with Crippen LogP contribution >= 0.6 is 0 Å². The molecule has 1 aromatic rings. The SMILES string of the molecule is CCCn1ncnc1CC(O)C1C2CC3CC(C2)CC1C3. The first kappa shape index (κ1) is 13.7. The van der Waals surface area contributed by atoms with Gasteiger partial charge in [0.25, 0.3) is 0 Å². The molecule has 4 saturated carbocycles. The van der Waals surface area contributed by atoms with Gasteiger partial charge in [0.1, 0.15) is 12.2 Å². The summed E-state index contributed by atoms with van der Waals surface area (Å²) in [6.07, 6.45) is 10.1. The molecule has 4 aliphatic carbocycles. The summed E-state index contributed by atoms with van der Waals surface area (Å²) in [5, 5.41) is 15.2. The molecule has 5 rings (SSSR count). The topological polar surface area (TPSA) is 50.9 Å². The number of hydrogen-bond donors (Lipinski definition) is 1. The lowest BCUT2D eigenvalue weighted by molar-refractivity contribution is -0.0893. The van der Waals surface area contributed by atoms with E-state index in [1.165, 1.54) is 32.1 Å². The van der Waals surface area contributed by atoms with Gasteiger partial charge in [-0.1, -0.05) is 6.92 Å². The van der Waals surface area contributed by atoms with E-state index in [-0.39, 0.29) is 6.10 Å². The van der Waals surface area contributed by atoms with Gasteiger partial charge in [0, 0.05) is 13.0 Å². The lowest BCUT2D eigenvalue weighted by Crippen LogP contribution is -2.49. The quantitative estimate of drug-likeness (QED) is 0.906. The molecule has 0 saturated heterocycles. The zero-order chi connectivity index (χ0) is 14.4. The molecule has 1 atom stereocenters. The number of aliphatic hydroxyl groups excluding tert-OH is 1. The van der Waals surface area contributed by atoms with Crippen LogP contribution in [0.2, 0.25) is 0 Å². The Kier molecular flexibility index (Phi) is 3.52. The second-order valence-corrected chi connectivity index (χ2v) is 7.68. The van der Waals surface area contributed by atoms with Gasteiger partial charge in [-0.2, -0.15) is 5.10 Å². The lowest BCUT2D eigenvalue weighted by Gasteiger charge is -2.55. The van der Waals surface area contributed by atoms with Crippen LogP contribution in [0, 0.1) is 29.6 Å². The van der Waals surface area contributed by atoms with E-state index in [2.05, 4.69) is 17.0 Å². The Hall–Kier alpha value is -0.900. The predicted molar refractivity (Wildman–Crippen MR) is 80.6 cm³/mol. The van der Waals surface area contributed by atoms with Crippen molar-refractivity contribution < 1.29 is 5.11 Å². The molecule has 4 nitrogen and oxygen atoms in total. The molecule has 0 radical (unpaired) electrons. The molecule has 4 fully saturated rings. The number of aromatic nitrogens is 3. The van der Waals surface area contributed by atoms with Crippen molar-refractivity contribution in [2.45, 2.75) is 64.5 Å². The Bertz CT molecular complexity index is 470. The smallest absolute Gasteiger partial charge is 0.138 e. The van der Waals surface area contributed by atoms with Gasteiger partial charge in [-0.3, -0.25) is 4.68 Å². The van der Waals surface area contributed by atoms with E-state index in [1.54, 1.807) is 6.33 Å². The molecule has 0 aromatic carbocycles. The summed E-state index contributed by atoms with van der Waals surface area (Å²) in [5.74, 6) is 4.99. The van der Waals surface area contributed by atoms with Crippen molar-refractivity contribution >= 4 is 0 Å². The van der Waals surface area contributed by atoms with Gasteiger partial charge in [-0.05, 0) is 68.1 Å². The van der Waals surface area contributed by atoms with E-state index in [0.29, 0.717) is 12.3 Å². The minimum absolute atomic E-state index is 0.222. The van der Waals surface area contributed by atoms with Crippen LogP contribution in [0.15, 0.2) is 6.33 Å². The third-order valence-electron chi connectivity index (χ3n) is 6.27. The third-order valence-corrected chi connectivity index (χ3v) is 6.27. The van der Waals surface area contributed by atoms with Gasteiger partial charge < -0.3 is 5.11 Å². The fraction of sp³-hybridized carbons (Fsp3) is 0.882. The van der Waals surface area contributed by atoms with E-state index in [1.807, 2.05) is 4.68 Å². The zero-order valence-electron chi connectivity index (χ0n) is 13.0. The van der Waals surface area contributed by atoms with Crippen molar-refractivity contribution in [2.75, 3.05) is 0 Å². The molecule has 0 spiro atoms. The van der Waals surface area contributed by atoms with Crippen LogP contribution in [0.5, 0.6) is 0 Å². The molecule has 4 bridgehead atoms. The normalized spacial score (nSPS) is 38.9. The standard InChI is InChI=1S/C17H27N3O/c1-2-3-20-16(18-10-19-20)9-15(21)17-13-5-11-4-12(7-13)8-14(17)6-11/h10-15,17,21H,2-9H2,1H3. The highest BCUT2D eigenvalue weighted by Crippen LogP contribution is 2.57. The monoisotopic (exact) mass is 289 g/mol. The fourth-order valence-electron chi connectivity index (χ4n) is 5.76. The summed E-state index contributed by atoms with van der Waals surface area (Å²) < 4.78 is 1.97. The molecule has 1 N–H and O–H groups in total. The molecule has 4 heteroatoms. The van der Waals surface area contributed by atoms with Crippen LogP contribution in [-0.4, -0.2) is 26.0 Å². The van der Waals surface area contributed by atoms with Crippen LogP contribution in [0.1, 0.15) is 51.3 Å². The highest BCUT2D eigenvalue weighted by molar-refractivity contribution is 5.02. The highest BCUT2D eigenvalue weighted by atomic mass is 16.3. The summed E-state index contributed by atoms with van der Waals surface area (Å²) in [5.41, 5.74) is 0. The maximum absolute atomic E-state index is 10.9. The number of hydrogen-bond acceptors (Lipinski definition) is 3. The minimum atomic E-state index is -0.222. The molecular weight excluding hydrogens is 262 g/mol. The van der Waals surface area contributed by atoms with Gasteiger partial charge in [-0.15, -0.1) is 0 Å². The van der Waals surface area contributed by atoms with Crippen molar-refractivity contribution in [3.8, 4) is 0 Å². The molecule has 1 unspecified atom stereocenters. The highest BCUT2D eigenvalue weighted by Gasteiger charge is 2.50. The van der Waals surface area contributed by atoms with Crippen LogP contribution in [0.3, 0.4) is 0 Å². The van der Waals surface area contributed by atoms with E-state index < -0.39 is 0 Å². The summed E-state index contributed by atoms with van der Waals surface area (Å²) in [7, 11) is 0. The predicted octanol–water partition coefficient (Wildman–Crippen LogP) is 2.66. The van der Waals surface area contributed by atoms with Crippen LogP contribution in [-0.2, 0) is 13.0 Å². The van der Waals surface area contributed by atoms with Crippen molar-refractivity contribution in [1.29, 1.82) is 0 Å². The van der Waals surface area contributed by atoms with Crippen molar-refractivity contribution in [1.82, 2.24) is 14.8 Å². The Morgan fingerprint density at radius 2 is 1.86 bits per heavy atom. The largest absolute Gasteiger partial charge is 0.392 e. The van der Waals surface area contributed by atoms with E-state index in [4.69, 9.17) is 0 Å². The number of nitrogens with zero attached hydrogens (tertiary/aromatic N) is 3. The summed E-state index contributed by atoms with van der Waals surface area (Å²) in [6, 6.07) is 0. The number of rotatable bonds is 5. The van der Waals surface area contributed by atoms with Gasteiger partial charge in [0.15, 0.2) is 0 Å². The van der Waals surface area contributed by atoms with Gasteiger partial charge in [0.2, 0.25) is 0 Å². The first-order chi connectivity index (χ1) is 10.2. The van der Waals surface area contributed by atoms with Crippen LogP contribution in [0.25, 0.3) is 0 Å². The average Bonchev–Trinajstić information content (AvgIpc) is 2.85. The zero-order valence-corrected chi connectivity index (χ0v) is 13.0. The first-order valence-electron chi connectivity index (χ1n) is 8.79. The summed E-state index contributed by atoms with van der Waals surface area (Å²) in [6.45, 7) is 3.06. The molecule has 0 aliphatic heterocycles. The second kappa shape index (κ2) is 5.38. The molecule has 0 amide bonds. The van der Waals surface area contributed by atoms with Crippen LogP contribution < -0.4 is 0 Å².